The Bertz CT molecular complexity index is 1490. The molecule has 10 heteroatoms. The number of esters is 1. The Morgan fingerprint density at radius 3 is 2.51 bits per heavy atom. The Labute approximate surface area is 218 Å². The van der Waals surface area contributed by atoms with Crippen LogP contribution in [0, 0.1) is 13.8 Å². The van der Waals surface area contributed by atoms with Crippen LogP contribution in [0.3, 0.4) is 0 Å². The molecule has 0 aliphatic rings. The second-order valence-corrected chi connectivity index (χ2v) is 11.1. The molecule has 4 aromatic rings. The molecular weight excluding hydrogens is 550 g/mol. The van der Waals surface area contributed by atoms with E-state index in [1.165, 1.54) is 33.6 Å². The summed E-state index contributed by atoms with van der Waals surface area (Å²) >= 11 is 6.26. The Morgan fingerprint density at radius 2 is 1.86 bits per heavy atom. The van der Waals surface area contributed by atoms with Gasteiger partial charge in [-0.25, -0.2) is 9.78 Å². The Hall–Kier alpha value is -2.82. The Kier molecular flexibility index (Phi) is 7.53. The zero-order valence-corrected chi connectivity index (χ0v) is 22.9. The maximum Gasteiger partial charge on any atom is 0.341 e. The standard InChI is InChI=1S/C25H24BrN3O4S2/c1-5-17-20(15-7-9-16(26)10-8-15)21-22(35-17)27-12-29(24(21)31)11-18(30)28-23-19(25(32)33-6-2)13(3)14(4)34-23/h7-10,12H,5-6,11H2,1-4H3,(H,28,30). The van der Waals surface area contributed by atoms with Gasteiger partial charge in [0.15, 0.2) is 0 Å². The average Bonchev–Trinajstić information content (AvgIpc) is 3.33. The second-order valence-electron chi connectivity index (χ2n) is 7.87. The normalized spacial score (nSPS) is 11.1. The molecule has 0 saturated heterocycles. The second kappa shape index (κ2) is 10.4. The van der Waals surface area contributed by atoms with Gasteiger partial charge < -0.3 is 10.1 Å². The third-order valence-corrected chi connectivity index (χ3v) is 8.53. The lowest BCUT2D eigenvalue weighted by atomic mass is 10.0. The molecule has 1 aromatic carbocycles. The molecule has 3 aromatic heterocycles. The van der Waals surface area contributed by atoms with E-state index in [1.807, 2.05) is 45.0 Å². The fourth-order valence-corrected chi connectivity index (χ4v) is 6.26. The maximum absolute atomic E-state index is 13.5. The van der Waals surface area contributed by atoms with E-state index in [0.29, 0.717) is 20.8 Å². The first-order valence-electron chi connectivity index (χ1n) is 11.1. The summed E-state index contributed by atoms with van der Waals surface area (Å²) < 4.78 is 7.42. The Morgan fingerprint density at radius 1 is 1.14 bits per heavy atom. The number of aromatic nitrogens is 2. The van der Waals surface area contributed by atoms with Gasteiger partial charge in [0.25, 0.3) is 5.56 Å². The molecule has 0 radical (unpaired) electrons. The summed E-state index contributed by atoms with van der Waals surface area (Å²) in [5.41, 5.74) is 2.64. The number of carbonyl (C=O) groups is 2. The van der Waals surface area contributed by atoms with E-state index in [-0.39, 0.29) is 18.7 Å². The molecule has 1 amide bonds. The molecule has 0 bridgehead atoms. The molecule has 0 unspecified atom stereocenters. The minimum Gasteiger partial charge on any atom is -0.462 e. The van der Waals surface area contributed by atoms with Crippen molar-refractivity contribution in [2.45, 2.75) is 40.7 Å². The van der Waals surface area contributed by atoms with Crippen LogP contribution in [0.2, 0.25) is 0 Å². The number of carbonyl (C=O) groups excluding carboxylic acids is 2. The minimum absolute atomic E-state index is 0.225. The first-order chi connectivity index (χ1) is 16.7. The smallest absolute Gasteiger partial charge is 0.341 e. The van der Waals surface area contributed by atoms with Gasteiger partial charge in [0.2, 0.25) is 5.91 Å². The number of benzene rings is 1. The predicted octanol–water partition coefficient (Wildman–Crippen LogP) is 5.94. The number of nitrogens with zero attached hydrogens (tertiary/aromatic N) is 2. The van der Waals surface area contributed by atoms with Crippen molar-refractivity contribution in [1.82, 2.24) is 9.55 Å². The van der Waals surface area contributed by atoms with Crippen LogP contribution < -0.4 is 10.9 Å². The van der Waals surface area contributed by atoms with Crippen LogP contribution in [0.15, 0.2) is 39.9 Å². The monoisotopic (exact) mass is 573 g/mol. The molecule has 3 heterocycles. The molecule has 0 fully saturated rings. The van der Waals surface area contributed by atoms with Gasteiger partial charge in [-0.05, 0) is 50.5 Å². The molecule has 35 heavy (non-hydrogen) atoms. The molecule has 4 rings (SSSR count). The molecule has 0 aliphatic carbocycles. The number of hydrogen-bond acceptors (Lipinski definition) is 7. The number of nitrogens with one attached hydrogen (secondary N) is 1. The molecule has 7 nitrogen and oxygen atoms in total. The number of ether oxygens (including phenoxy) is 1. The van der Waals surface area contributed by atoms with E-state index >= 15 is 0 Å². The fraction of sp³-hybridized carbons (Fsp3) is 0.280. The predicted molar refractivity (Wildman–Crippen MR) is 145 cm³/mol. The highest BCUT2D eigenvalue weighted by Gasteiger charge is 2.23. The van der Waals surface area contributed by atoms with Crippen molar-refractivity contribution in [3.63, 3.8) is 0 Å². The molecule has 0 spiro atoms. The molecule has 0 aliphatic heterocycles. The number of halogens is 1. The van der Waals surface area contributed by atoms with E-state index in [1.54, 1.807) is 6.92 Å². The minimum atomic E-state index is -0.477. The van der Waals surface area contributed by atoms with Gasteiger partial charge in [-0.2, -0.15) is 0 Å². The van der Waals surface area contributed by atoms with Crippen LogP contribution in [-0.4, -0.2) is 28.0 Å². The van der Waals surface area contributed by atoms with Crippen molar-refractivity contribution >= 4 is 65.7 Å². The summed E-state index contributed by atoms with van der Waals surface area (Å²) in [6.45, 7) is 7.50. The number of thiophene rings is 2. The summed E-state index contributed by atoms with van der Waals surface area (Å²) in [5.74, 6) is -0.898. The van der Waals surface area contributed by atoms with Gasteiger partial charge in [-0.1, -0.05) is 35.0 Å². The maximum atomic E-state index is 13.5. The van der Waals surface area contributed by atoms with E-state index < -0.39 is 11.9 Å². The zero-order chi connectivity index (χ0) is 25.3. The lowest BCUT2D eigenvalue weighted by Crippen LogP contribution is -2.28. The number of hydrogen-bond donors (Lipinski definition) is 1. The van der Waals surface area contributed by atoms with Crippen LogP contribution in [0.1, 0.15) is 39.5 Å². The van der Waals surface area contributed by atoms with Crippen LogP contribution >= 0.6 is 38.6 Å². The van der Waals surface area contributed by atoms with Crippen molar-refractivity contribution in [3.05, 3.63) is 66.3 Å². The summed E-state index contributed by atoms with van der Waals surface area (Å²) in [7, 11) is 0. The number of anilines is 1. The van der Waals surface area contributed by atoms with Gasteiger partial charge in [0.05, 0.1) is 23.9 Å². The lowest BCUT2D eigenvalue weighted by Gasteiger charge is -2.09. The van der Waals surface area contributed by atoms with E-state index in [2.05, 4.69) is 26.2 Å². The van der Waals surface area contributed by atoms with Gasteiger partial charge in [-0.15, -0.1) is 22.7 Å². The van der Waals surface area contributed by atoms with E-state index in [0.717, 1.165) is 37.3 Å². The number of aryl methyl sites for hydroxylation is 2. The lowest BCUT2D eigenvalue weighted by molar-refractivity contribution is -0.116. The van der Waals surface area contributed by atoms with E-state index in [4.69, 9.17) is 4.74 Å². The average molecular weight is 575 g/mol. The van der Waals surface area contributed by atoms with E-state index in [9.17, 15) is 14.4 Å². The number of fused-ring (bicyclic) bond motifs is 1. The third kappa shape index (κ3) is 4.96. The van der Waals surface area contributed by atoms with Crippen LogP contribution in [0.5, 0.6) is 0 Å². The first kappa shape index (κ1) is 25.3. The van der Waals surface area contributed by atoms with Gasteiger partial charge in [-0.3, -0.25) is 14.2 Å². The van der Waals surface area contributed by atoms with Crippen LogP contribution in [0.25, 0.3) is 21.3 Å². The van der Waals surface area contributed by atoms with Gasteiger partial charge in [0, 0.05) is 19.8 Å². The third-order valence-electron chi connectivity index (χ3n) is 5.64. The van der Waals surface area contributed by atoms with Crippen molar-refractivity contribution in [2.24, 2.45) is 0 Å². The summed E-state index contributed by atoms with van der Waals surface area (Å²) in [6, 6.07) is 7.80. The number of rotatable bonds is 7. The largest absolute Gasteiger partial charge is 0.462 e. The van der Waals surface area contributed by atoms with Gasteiger partial charge in [0.1, 0.15) is 16.4 Å². The summed E-state index contributed by atoms with van der Waals surface area (Å²) in [6.07, 6.45) is 2.17. The molecular formula is C25H24BrN3O4S2. The molecule has 0 atom stereocenters. The fourth-order valence-electron chi connectivity index (χ4n) is 3.84. The zero-order valence-electron chi connectivity index (χ0n) is 19.7. The first-order valence-corrected chi connectivity index (χ1v) is 13.5. The molecule has 1 N–H and O–H groups in total. The van der Waals surface area contributed by atoms with Crippen LogP contribution in [0.4, 0.5) is 5.00 Å². The summed E-state index contributed by atoms with van der Waals surface area (Å²) in [4.78, 5) is 46.0. The highest BCUT2D eigenvalue weighted by molar-refractivity contribution is 9.10. The topological polar surface area (TPSA) is 90.3 Å². The van der Waals surface area contributed by atoms with Gasteiger partial charge >= 0.3 is 5.97 Å². The van der Waals surface area contributed by atoms with Crippen molar-refractivity contribution in [3.8, 4) is 11.1 Å². The van der Waals surface area contributed by atoms with Crippen molar-refractivity contribution < 1.29 is 14.3 Å². The SMILES string of the molecule is CCOC(=O)c1c(NC(=O)Cn2cnc3sc(CC)c(-c4ccc(Br)cc4)c3c2=O)sc(C)c1C. The molecule has 0 saturated carbocycles. The Balaban J connectivity index is 1.69. The van der Waals surface area contributed by atoms with Crippen molar-refractivity contribution in [1.29, 1.82) is 0 Å². The molecule has 182 valence electrons. The quantitative estimate of drug-likeness (QED) is 0.276. The van der Waals surface area contributed by atoms with Crippen LogP contribution in [-0.2, 0) is 22.5 Å². The summed E-state index contributed by atoms with van der Waals surface area (Å²) in [5, 5.41) is 3.73. The highest BCUT2D eigenvalue weighted by Crippen LogP contribution is 2.37. The number of amides is 1. The van der Waals surface area contributed by atoms with Crippen molar-refractivity contribution in [2.75, 3.05) is 11.9 Å². The highest BCUT2D eigenvalue weighted by atomic mass is 79.9.